The normalized spacial score (nSPS) is 10.5. The van der Waals surface area contributed by atoms with E-state index in [4.69, 9.17) is 10.2 Å². The molecule has 0 saturated heterocycles. The molecule has 0 aliphatic carbocycles. The number of benzene rings is 1. The van der Waals surface area contributed by atoms with Crippen molar-refractivity contribution in [3.05, 3.63) is 58.8 Å². The highest BCUT2D eigenvalue weighted by atomic mass is 16.3. The van der Waals surface area contributed by atoms with Crippen LogP contribution >= 0.6 is 0 Å². The molecular formula is C19H17N3O. The van der Waals surface area contributed by atoms with Gasteiger partial charge in [-0.1, -0.05) is 23.8 Å². The highest BCUT2D eigenvalue weighted by molar-refractivity contribution is 5.78. The zero-order valence-electron chi connectivity index (χ0n) is 13.3. The zero-order chi connectivity index (χ0) is 16.6. The van der Waals surface area contributed by atoms with Gasteiger partial charge in [0.05, 0.1) is 5.69 Å². The molecular weight excluding hydrogens is 286 g/mol. The summed E-state index contributed by atoms with van der Waals surface area (Å²) in [6.45, 7) is 5.95. The maximum absolute atomic E-state index is 9.41. The van der Waals surface area contributed by atoms with E-state index in [1.54, 1.807) is 0 Å². The first-order valence-corrected chi connectivity index (χ1v) is 7.34. The van der Waals surface area contributed by atoms with Crippen molar-refractivity contribution in [3.8, 4) is 28.7 Å². The summed E-state index contributed by atoms with van der Waals surface area (Å²) in [4.78, 5) is 4.41. The number of hydrogen-bond acceptors (Lipinski definition) is 4. The van der Waals surface area contributed by atoms with E-state index in [0.717, 1.165) is 22.6 Å². The van der Waals surface area contributed by atoms with E-state index in [1.807, 2.05) is 44.2 Å². The first-order chi connectivity index (χ1) is 11.0. The minimum Gasteiger partial charge on any atom is -0.461 e. The average Bonchev–Trinajstić information content (AvgIpc) is 2.93. The zero-order valence-corrected chi connectivity index (χ0v) is 13.3. The summed E-state index contributed by atoms with van der Waals surface area (Å²) in [7, 11) is 0. The molecule has 4 nitrogen and oxygen atoms in total. The van der Waals surface area contributed by atoms with Gasteiger partial charge in [0.2, 0.25) is 0 Å². The Labute approximate surface area is 135 Å². The molecule has 1 aromatic carbocycles. The molecule has 3 aromatic rings. The van der Waals surface area contributed by atoms with Crippen LogP contribution in [0, 0.1) is 32.1 Å². The van der Waals surface area contributed by atoms with E-state index in [-0.39, 0.29) is 5.82 Å². The number of nitrogen functional groups attached to an aromatic ring is 1. The summed E-state index contributed by atoms with van der Waals surface area (Å²) >= 11 is 0. The van der Waals surface area contributed by atoms with Crippen LogP contribution in [0.15, 0.2) is 40.8 Å². The summed E-state index contributed by atoms with van der Waals surface area (Å²) in [5.41, 5.74) is 11.1. The van der Waals surface area contributed by atoms with Crippen LogP contribution in [0.3, 0.4) is 0 Å². The summed E-state index contributed by atoms with van der Waals surface area (Å²) in [6.07, 6.45) is 0. The van der Waals surface area contributed by atoms with Gasteiger partial charge in [-0.3, -0.25) is 0 Å². The van der Waals surface area contributed by atoms with Crippen molar-refractivity contribution in [1.29, 1.82) is 5.26 Å². The molecule has 0 atom stereocenters. The van der Waals surface area contributed by atoms with E-state index in [1.165, 1.54) is 5.56 Å². The van der Waals surface area contributed by atoms with Crippen LogP contribution in [0.25, 0.3) is 22.6 Å². The third-order valence-corrected chi connectivity index (χ3v) is 3.82. The highest BCUT2D eigenvalue weighted by Crippen LogP contribution is 2.33. The predicted octanol–water partition coefficient (Wildman–Crippen LogP) is 4.39. The summed E-state index contributed by atoms with van der Waals surface area (Å²) in [5.74, 6) is 1.63. The lowest BCUT2D eigenvalue weighted by atomic mass is 9.99. The lowest BCUT2D eigenvalue weighted by Gasteiger charge is -2.11. The first-order valence-electron chi connectivity index (χ1n) is 7.34. The Morgan fingerprint density at radius 1 is 1.04 bits per heavy atom. The minimum atomic E-state index is 0.217. The molecule has 0 aliphatic rings. The Balaban J connectivity index is 2.24. The van der Waals surface area contributed by atoms with Crippen molar-refractivity contribution in [1.82, 2.24) is 4.98 Å². The number of nitrogens with zero attached hydrogens (tertiary/aromatic N) is 2. The second kappa shape index (κ2) is 5.62. The second-order valence-electron chi connectivity index (χ2n) is 5.66. The smallest absolute Gasteiger partial charge is 0.142 e. The van der Waals surface area contributed by atoms with Crippen LogP contribution in [-0.4, -0.2) is 4.98 Å². The molecule has 2 aromatic heterocycles. The number of anilines is 1. The molecule has 4 heteroatoms. The third kappa shape index (κ3) is 2.69. The number of hydrogen-bond donors (Lipinski definition) is 1. The number of rotatable bonds is 2. The van der Waals surface area contributed by atoms with Gasteiger partial charge in [-0.2, -0.15) is 5.26 Å². The summed E-state index contributed by atoms with van der Waals surface area (Å²) in [6, 6.07) is 13.9. The Kier molecular flexibility index (Phi) is 3.63. The molecule has 3 rings (SSSR count). The van der Waals surface area contributed by atoms with Crippen molar-refractivity contribution in [2.75, 3.05) is 5.73 Å². The van der Waals surface area contributed by atoms with Crippen LogP contribution < -0.4 is 5.73 Å². The van der Waals surface area contributed by atoms with Crippen molar-refractivity contribution in [3.63, 3.8) is 0 Å². The average molecular weight is 303 g/mol. The monoisotopic (exact) mass is 303 g/mol. The van der Waals surface area contributed by atoms with E-state index >= 15 is 0 Å². The van der Waals surface area contributed by atoms with E-state index in [2.05, 4.69) is 24.0 Å². The minimum absolute atomic E-state index is 0.217. The molecule has 2 N–H and O–H groups in total. The molecule has 2 heterocycles. The van der Waals surface area contributed by atoms with Crippen LogP contribution in [0.5, 0.6) is 0 Å². The van der Waals surface area contributed by atoms with Gasteiger partial charge in [0.25, 0.3) is 0 Å². The Bertz CT molecular complexity index is 932. The van der Waals surface area contributed by atoms with Gasteiger partial charge in [-0.25, -0.2) is 4.98 Å². The van der Waals surface area contributed by atoms with Crippen LogP contribution in [0.1, 0.15) is 22.5 Å². The number of furan rings is 1. The second-order valence-corrected chi connectivity index (χ2v) is 5.66. The molecule has 0 fully saturated rings. The van der Waals surface area contributed by atoms with E-state index in [9.17, 15) is 5.26 Å². The topological polar surface area (TPSA) is 75.8 Å². The predicted molar refractivity (Wildman–Crippen MR) is 90.7 cm³/mol. The van der Waals surface area contributed by atoms with E-state index in [0.29, 0.717) is 16.9 Å². The fourth-order valence-corrected chi connectivity index (χ4v) is 2.69. The first kappa shape index (κ1) is 14.9. The Morgan fingerprint density at radius 3 is 2.43 bits per heavy atom. The largest absolute Gasteiger partial charge is 0.461 e. The molecule has 0 spiro atoms. The molecule has 0 saturated carbocycles. The Morgan fingerprint density at radius 2 is 1.83 bits per heavy atom. The van der Waals surface area contributed by atoms with Gasteiger partial charge < -0.3 is 10.2 Å². The lowest BCUT2D eigenvalue weighted by molar-refractivity contribution is 0.548. The maximum atomic E-state index is 9.41. The molecule has 0 aliphatic heterocycles. The molecule has 114 valence electrons. The Hall–Kier alpha value is -3.06. The highest BCUT2D eigenvalue weighted by Gasteiger charge is 2.16. The molecule has 0 bridgehead atoms. The molecule has 0 amide bonds. The van der Waals surface area contributed by atoms with Gasteiger partial charge in [0.1, 0.15) is 29.0 Å². The van der Waals surface area contributed by atoms with Crippen LogP contribution in [-0.2, 0) is 0 Å². The maximum Gasteiger partial charge on any atom is 0.142 e. The molecule has 23 heavy (non-hydrogen) atoms. The quantitative estimate of drug-likeness (QED) is 0.761. The van der Waals surface area contributed by atoms with Crippen LogP contribution in [0.2, 0.25) is 0 Å². The number of pyridine rings is 1. The van der Waals surface area contributed by atoms with Gasteiger partial charge in [-0.05, 0) is 44.5 Å². The fourth-order valence-electron chi connectivity index (χ4n) is 2.69. The molecule has 0 unspecified atom stereocenters. The third-order valence-electron chi connectivity index (χ3n) is 3.82. The fraction of sp³-hybridized carbons (Fsp3) is 0.158. The van der Waals surface area contributed by atoms with Gasteiger partial charge in [0, 0.05) is 11.1 Å². The van der Waals surface area contributed by atoms with Crippen molar-refractivity contribution >= 4 is 5.82 Å². The van der Waals surface area contributed by atoms with Crippen LogP contribution in [0.4, 0.5) is 5.82 Å². The van der Waals surface area contributed by atoms with Gasteiger partial charge in [-0.15, -0.1) is 0 Å². The van der Waals surface area contributed by atoms with E-state index < -0.39 is 0 Å². The number of aryl methyl sites for hydroxylation is 3. The van der Waals surface area contributed by atoms with Gasteiger partial charge >= 0.3 is 0 Å². The van der Waals surface area contributed by atoms with Crippen molar-refractivity contribution in [2.24, 2.45) is 0 Å². The summed E-state index contributed by atoms with van der Waals surface area (Å²) in [5, 5.41) is 9.41. The van der Waals surface area contributed by atoms with Crippen molar-refractivity contribution < 1.29 is 4.42 Å². The van der Waals surface area contributed by atoms with Crippen molar-refractivity contribution in [2.45, 2.75) is 20.8 Å². The van der Waals surface area contributed by atoms with Gasteiger partial charge in [0.15, 0.2) is 0 Å². The standard InChI is InChI=1S/C19H17N3O/c1-11-4-6-14(12(2)8-11)17-9-15(16(10-20)19(21)22-17)18-7-5-13(3)23-18/h4-9H,1-3H3,(H2,21,22). The SMILES string of the molecule is Cc1ccc(-c2cc(-c3ccc(C)o3)c(C#N)c(N)n2)c(C)c1. The number of nitriles is 1. The number of nitrogens with two attached hydrogens (primary N) is 1. The lowest BCUT2D eigenvalue weighted by Crippen LogP contribution is -2.00. The number of aromatic nitrogens is 1. The summed E-state index contributed by atoms with van der Waals surface area (Å²) < 4.78 is 5.67. The molecule has 0 radical (unpaired) electrons.